The second kappa shape index (κ2) is 8.25. The first kappa shape index (κ1) is 20.6. The predicted molar refractivity (Wildman–Crippen MR) is 117 cm³/mol. The number of carbonyl (C=O) groups is 2. The van der Waals surface area contributed by atoms with Crippen LogP contribution in [0.2, 0.25) is 0 Å². The first-order valence-corrected chi connectivity index (χ1v) is 11.0. The normalized spacial score (nSPS) is 25.4. The number of fused-ring (bicyclic) bond motifs is 1. The molecule has 2 fully saturated rings. The van der Waals surface area contributed by atoms with Crippen LogP contribution in [0.1, 0.15) is 63.2 Å². The number of rotatable bonds is 5. The summed E-state index contributed by atoms with van der Waals surface area (Å²) in [5.41, 5.74) is 2.65. The van der Waals surface area contributed by atoms with Crippen LogP contribution in [0.5, 0.6) is 0 Å². The van der Waals surface area contributed by atoms with Crippen molar-refractivity contribution in [3.63, 3.8) is 0 Å². The summed E-state index contributed by atoms with van der Waals surface area (Å²) < 4.78 is 1.71. The second-order valence-corrected chi connectivity index (χ2v) is 9.59. The Labute approximate surface area is 178 Å². The number of hydrogen-bond acceptors (Lipinski definition) is 3. The fourth-order valence-corrected chi connectivity index (χ4v) is 4.73. The van der Waals surface area contributed by atoms with Crippen molar-refractivity contribution >= 4 is 17.3 Å². The maximum absolute atomic E-state index is 12.8. The third-order valence-corrected chi connectivity index (χ3v) is 7.23. The Bertz CT molecular complexity index is 964. The number of pyridine rings is 1. The molecule has 6 nitrogen and oxygen atoms in total. The zero-order valence-corrected chi connectivity index (χ0v) is 18.1. The zero-order valence-electron chi connectivity index (χ0n) is 18.1. The van der Waals surface area contributed by atoms with E-state index in [0.717, 1.165) is 30.7 Å². The van der Waals surface area contributed by atoms with E-state index in [-0.39, 0.29) is 23.3 Å². The van der Waals surface area contributed by atoms with Gasteiger partial charge in [-0.1, -0.05) is 26.3 Å². The molecule has 160 valence electrons. The Balaban J connectivity index is 1.29. The van der Waals surface area contributed by atoms with Crippen molar-refractivity contribution in [1.29, 1.82) is 0 Å². The molecule has 2 aromatic rings. The molecule has 0 saturated heterocycles. The summed E-state index contributed by atoms with van der Waals surface area (Å²) in [6.45, 7) is 7.26. The van der Waals surface area contributed by atoms with Crippen LogP contribution in [0, 0.1) is 17.3 Å². The number of amides is 2. The fraction of sp³-hybridized carbons (Fsp3) is 0.542. The second-order valence-electron chi connectivity index (χ2n) is 9.59. The zero-order chi connectivity index (χ0) is 21.3. The molecule has 0 bridgehead atoms. The smallest absolute Gasteiger partial charge is 0.253 e. The number of allylic oxidation sites excluding steroid dienone is 1. The first-order chi connectivity index (χ1) is 14.3. The number of carbonyl (C=O) groups excluding carboxylic acids is 2. The molecule has 2 saturated carbocycles. The molecule has 0 spiro atoms. The molecule has 2 aliphatic carbocycles. The Morgan fingerprint density at radius 1 is 1.27 bits per heavy atom. The maximum Gasteiger partial charge on any atom is 0.253 e. The van der Waals surface area contributed by atoms with Gasteiger partial charge in [0.05, 0.1) is 17.3 Å². The Hall–Kier alpha value is -2.63. The predicted octanol–water partition coefficient (Wildman–Crippen LogP) is 3.73. The van der Waals surface area contributed by atoms with Gasteiger partial charge in [-0.2, -0.15) is 5.10 Å². The Morgan fingerprint density at radius 2 is 2.03 bits per heavy atom. The van der Waals surface area contributed by atoms with Gasteiger partial charge in [0, 0.05) is 24.9 Å². The van der Waals surface area contributed by atoms with Crippen molar-refractivity contribution < 1.29 is 9.59 Å². The molecule has 2 unspecified atom stereocenters. The Kier molecular flexibility index (Phi) is 5.67. The van der Waals surface area contributed by atoms with Crippen LogP contribution < -0.4 is 10.6 Å². The standard InChI is InChI=1S/C24H32N4O2/c1-16-6-8-17(9-7-16)13-22(29)25-15-18-14-21(24(18,2)3)27-23(30)19-5-4-12-28-20(19)10-11-26-28/h4-5,10-13,16,18,21H,6-9,14-15H2,1-3H3,(H,25,29)(H,27,30). The van der Waals surface area contributed by atoms with Crippen LogP contribution in [-0.2, 0) is 4.79 Å². The summed E-state index contributed by atoms with van der Waals surface area (Å²) in [6.07, 6.45) is 10.7. The first-order valence-electron chi connectivity index (χ1n) is 11.0. The minimum Gasteiger partial charge on any atom is -0.352 e. The molecule has 2 N–H and O–H groups in total. The van der Waals surface area contributed by atoms with Crippen molar-refractivity contribution in [3.05, 3.63) is 47.8 Å². The molecule has 2 amide bonds. The van der Waals surface area contributed by atoms with Gasteiger partial charge in [-0.3, -0.25) is 9.59 Å². The molecule has 0 radical (unpaired) electrons. The van der Waals surface area contributed by atoms with Gasteiger partial charge in [0.15, 0.2) is 0 Å². The van der Waals surface area contributed by atoms with Crippen LogP contribution in [0.3, 0.4) is 0 Å². The van der Waals surface area contributed by atoms with E-state index in [1.54, 1.807) is 10.7 Å². The van der Waals surface area contributed by atoms with Gasteiger partial charge in [0.1, 0.15) is 0 Å². The van der Waals surface area contributed by atoms with E-state index in [2.05, 4.69) is 36.5 Å². The van der Waals surface area contributed by atoms with Crippen molar-refractivity contribution in [2.75, 3.05) is 6.54 Å². The van der Waals surface area contributed by atoms with Crippen molar-refractivity contribution in [1.82, 2.24) is 20.2 Å². The van der Waals surface area contributed by atoms with Crippen LogP contribution in [0.25, 0.3) is 5.52 Å². The summed E-state index contributed by atoms with van der Waals surface area (Å²) in [4.78, 5) is 25.2. The molecule has 2 heterocycles. The van der Waals surface area contributed by atoms with Crippen molar-refractivity contribution in [2.45, 2.75) is 58.9 Å². The van der Waals surface area contributed by atoms with E-state index in [9.17, 15) is 9.59 Å². The Morgan fingerprint density at radius 3 is 2.77 bits per heavy atom. The maximum atomic E-state index is 12.8. The summed E-state index contributed by atoms with van der Waals surface area (Å²) >= 11 is 0. The van der Waals surface area contributed by atoms with Gasteiger partial charge in [-0.25, -0.2) is 4.52 Å². The summed E-state index contributed by atoms with van der Waals surface area (Å²) in [6, 6.07) is 5.60. The van der Waals surface area contributed by atoms with Crippen LogP contribution in [-0.4, -0.2) is 34.0 Å². The highest BCUT2D eigenvalue weighted by Crippen LogP contribution is 2.46. The van der Waals surface area contributed by atoms with E-state index < -0.39 is 0 Å². The van der Waals surface area contributed by atoms with Crippen LogP contribution >= 0.6 is 0 Å². The molecule has 0 aliphatic heterocycles. The van der Waals surface area contributed by atoms with E-state index in [0.29, 0.717) is 18.0 Å². The molecule has 2 atom stereocenters. The monoisotopic (exact) mass is 408 g/mol. The highest BCUT2D eigenvalue weighted by atomic mass is 16.2. The van der Waals surface area contributed by atoms with Gasteiger partial charge in [0.25, 0.3) is 5.91 Å². The molecule has 0 aromatic carbocycles. The van der Waals surface area contributed by atoms with E-state index in [1.165, 1.54) is 18.4 Å². The lowest BCUT2D eigenvalue weighted by molar-refractivity contribution is -0.117. The SMILES string of the molecule is CC1CCC(=CC(=O)NCC2CC(NC(=O)c3cccn4nccc34)C2(C)C)CC1. The molecule has 6 heteroatoms. The van der Waals surface area contributed by atoms with E-state index in [4.69, 9.17) is 0 Å². The van der Waals surface area contributed by atoms with Gasteiger partial charge >= 0.3 is 0 Å². The largest absolute Gasteiger partial charge is 0.352 e. The molecule has 30 heavy (non-hydrogen) atoms. The van der Waals surface area contributed by atoms with Gasteiger partial charge in [0.2, 0.25) is 5.91 Å². The fourth-order valence-electron chi connectivity index (χ4n) is 4.73. The highest BCUT2D eigenvalue weighted by Gasteiger charge is 2.48. The molecular weight excluding hydrogens is 376 g/mol. The third kappa shape index (κ3) is 4.13. The number of nitrogens with zero attached hydrogens (tertiary/aromatic N) is 2. The highest BCUT2D eigenvalue weighted by molar-refractivity contribution is 6.00. The number of aromatic nitrogens is 2. The molecule has 2 aromatic heterocycles. The lowest BCUT2D eigenvalue weighted by Gasteiger charge is -2.52. The van der Waals surface area contributed by atoms with E-state index >= 15 is 0 Å². The van der Waals surface area contributed by atoms with Gasteiger partial charge in [-0.05, 0) is 67.6 Å². The van der Waals surface area contributed by atoms with E-state index in [1.807, 2.05) is 30.5 Å². The average molecular weight is 409 g/mol. The lowest BCUT2D eigenvalue weighted by Crippen LogP contribution is -2.60. The summed E-state index contributed by atoms with van der Waals surface area (Å²) in [7, 11) is 0. The summed E-state index contributed by atoms with van der Waals surface area (Å²) in [5, 5.41) is 10.5. The molecular formula is C24H32N4O2. The van der Waals surface area contributed by atoms with Gasteiger partial charge < -0.3 is 10.6 Å². The minimum atomic E-state index is -0.0714. The topological polar surface area (TPSA) is 75.5 Å². The third-order valence-electron chi connectivity index (χ3n) is 7.23. The molecule has 2 aliphatic rings. The van der Waals surface area contributed by atoms with Crippen molar-refractivity contribution in [3.8, 4) is 0 Å². The summed E-state index contributed by atoms with van der Waals surface area (Å²) in [5.74, 6) is 1.07. The number of nitrogens with one attached hydrogen (secondary N) is 2. The average Bonchev–Trinajstić information content (AvgIpc) is 3.20. The van der Waals surface area contributed by atoms with Crippen LogP contribution in [0.4, 0.5) is 0 Å². The van der Waals surface area contributed by atoms with Gasteiger partial charge in [-0.15, -0.1) is 0 Å². The lowest BCUT2D eigenvalue weighted by atomic mass is 9.58. The molecule has 4 rings (SSSR count). The minimum absolute atomic E-state index is 0.0234. The van der Waals surface area contributed by atoms with Crippen molar-refractivity contribution in [2.24, 2.45) is 17.3 Å². The quantitative estimate of drug-likeness (QED) is 0.740. The van der Waals surface area contributed by atoms with Crippen LogP contribution in [0.15, 0.2) is 42.2 Å². The number of hydrogen-bond donors (Lipinski definition) is 2.